The molecule has 0 saturated heterocycles. The first-order valence-corrected chi connectivity index (χ1v) is 17.9. The van der Waals surface area contributed by atoms with Crippen LogP contribution in [0.2, 0.25) is 0 Å². The molecule has 1 amide bonds. The highest BCUT2D eigenvalue weighted by atomic mass is 16.6. The van der Waals surface area contributed by atoms with Gasteiger partial charge in [0.1, 0.15) is 12.7 Å². The van der Waals surface area contributed by atoms with Gasteiger partial charge < -0.3 is 29.4 Å². The summed E-state index contributed by atoms with van der Waals surface area (Å²) in [5.74, 6) is -4.95. The molecule has 0 spiro atoms. The Kier molecular flexibility index (Phi) is 11.0. The number of carbonyl (C=O) groups is 5. The number of carbonyl (C=O) groups excluding carboxylic acids is 4. The number of carboxylic acids is 1. The molecule has 278 valence electrons. The molecule has 5 atom stereocenters. The number of esters is 3. The molecule has 1 fully saturated rings. The van der Waals surface area contributed by atoms with Crippen LogP contribution < -0.4 is 5.32 Å². The average molecular weight is 740 g/mol. The van der Waals surface area contributed by atoms with Crippen molar-refractivity contribution >= 4 is 30.0 Å². The van der Waals surface area contributed by atoms with Crippen LogP contribution in [0.4, 0.5) is 4.79 Å². The molecule has 0 aliphatic heterocycles. The molecule has 0 radical (unpaired) electrons. The maximum absolute atomic E-state index is 13.7. The first-order valence-electron chi connectivity index (χ1n) is 17.9. The molecular weight excluding hydrogens is 702 g/mol. The number of hydrogen-bond donors (Lipinski definition) is 2. The number of ether oxygens (including phenoxy) is 4. The van der Waals surface area contributed by atoms with Crippen LogP contribution in [-0.4, -0.2) is 66.0 Å². The molecule has 5 aromatic carbocycles. The lowest BCUT2D eigenvalue weighted by atomic mass is 9.77. The predicted octanol–water partition coefficient (Wildman–Crippen LogP) is 7.07. The second-order valence-corrected chi connectivity index (χ2v) is 13.4. The van der Waals surface area contributed by atoms with Crippen molar-refractivity contribution in [3.8, 4) is 11.1 Å². The van der Waals surface area contributed by atoms with Gasteiger partial charge in [0.2, 0.25) is 0 Å². The zero-order valence-corrected chi connectivity index (χ0v) is 29.5. The number of aliphatic carboxylic acids is 1. The number of amides is 1. The summed E-state index contributed by atoms with van der Waals surface area (Å²) in [6, 6.07) is 38.7. The number of benzene rings is 5. The molecular formula is C44H37NO10. The molecule has 2 aliphatic rings. The number of nitrogens with one attached hydrogen (secondary N) is 1. The van der Waals surface area contributed by atoms with Crippen LogP contribution in [0.1, 0.15) is 61.0 Å². The van der Waals surface area contributed by atoms with Gasteiger partial charge in [-0.05, 0) is 65.1 Å². The monoisotopic (exact) mass is 739 g/mol. The van der Waals surface area contributed by atoms with E-state index >= 15 is 0 Å². The van der Waals surface area contributed by atoms with Crippen molar-refractivity contribution in [1.82, 2.24) is 5.32 Å². The van der Waals surface area contributed by atoms with Gasteiger partial charge in [-0.2, -0.15) is 0 Å². The summed E-state index contributed by atoms with van der Waals surface area (Å²) >= 11 is 0. The highest BCUT2D eigenvalue weighted by Crippen LogP contribution is 2.44. The highest BCUT2D eigenvalue weighted by molar-refractivity contribution is 5.91. The lowest BCUT2D eigenvalue weighted by Crippen LogP contribution is -2.62. The van der Waals surface area contributed by atoms with Gasteiger partial charge in [0.25, 0.3) is 0 Å². The minimum atomic E-state index is -1.56. The van der Waals surface area contributed by atoms with Gasteiger partial charge >= 0.3 is 30.0 Å². The molecule has 0 heterocycles. The fourth-order valence-electron chi connectivity index (χ4n) is 7.38. The van der Waals surface area contributed by atoms with E-state index in [-0.39, 0.29) is 35.6 Å². The Bertz CT molecular complexity index is 2130. The third-order valence-electron chi connectivity index (χ3n) is 9.91. The zero-order chi connectivity index (χ0) is 38.3. The second-order valence-electron chi connectivity index (χ2n) is 13.4. The number of rotatable bonds is 11. The lowest BCUT2D eigenvalue weighted by molar-refractivity contribution is -0.151. The zero-order valence-electron chi connectivity index (χ0n) is 29.5. The van der Waals surface area contributed by atoms with E-state index in [9.17, 15) is 29.1 Å². The van der Waals surface area contributed by atoms with Crippen molar-refractivity contribution in [1.29, 1.82) is 0 Å². The Balaban J connectivity index is 1.22. The highest BCUT2D eigenvalue weighted by Gasteiger charge is 2.52. The molecule has 1 saturated carbocycles. The van der Waals surface area contributed by atoms with Crippen molar-refractivity contribution in [2.45, 2.75) is 43.1 Å². The molecule has 2 N–H and O–H groups in total. The quantitative estimate of drug-likeness (QED) is 0.106. The second kappa shape index (κ2) is 16.5. The summed E-state index contributed by atoms with van der Waals surface area (Å²) in [4.78, 5) is 66.9. The lowest BCUT2D eigenvalue weighted by Gasteiger charge is -2.44. The Morgan fingerprint density at radius 2 is 0.964 bits per heavy atom. The molecule has 5 aromatic rings. The summed E-state index contributed by atoms with van der Waals surface area (Å²) in [5.41, 5.74) is 4.57. The van der Waals surface area contributed by atoms with E-state index in [0.29, 0.717) is 0 Å². The average Bonchev–Trinajstić information content (AvgIpc) is 3.53. The van der Waals surface area contributed by atoms with Gasteiger partial charge in [-0.15, -0.1) is 0 Å². The van der Waals surface area contributed by atoms with Crippen LogP contribution in [0.25, 0.3) is 11.1 Å². The van der Waals surface area contributed by atoms with Crippen molar-refractivity contribution in [3.05, 3.63) is 167 Å². The minimum absolute atomic E-state index is 0.0245. The van der Waals surface area contributed by atoms with Gasteiger partial charge in [-0.1, -0.05) is 103 Å². The largest absolute Gasteiger partial charge is 0.481 e. The first-order chi connectivity index (χ1) is 26.8. The van der Waals surface area contributed by atoms with Crippen LogP contribution >= 0.6 is 0 Å². The van der Waals surface area contributed by atoms with E-state index in [1.807, 2.05) is 48.5 Å². The van der Waals surface area contributed by atoms with Crippen LogP contribution in [0.15, 0.2) is 140 Å². The molecule has 0 aromatic heterocycles. The van der Waals surface area contributed by atoms with E-state index in [4.69, 9.17) is 18.9 Å². The Labute approximate surface area is 316 Å². The smallest absolute Gasteiger partial charge is 0.407 e. The molecule has 11 nitrogen and oxygen atoms in total. The number of hydrogen-bond acceptors (Lipinski definition) is 9. The van der Waals surface area contributed by atoms with Crippen molar-refractivity contribution in [2.75, 3.05) is 6.61 Å². The van der Waals surface area contributed by atoms with E-state index in [0.717, 1.165) is 22.3 Å². The summed E-state index contributed by atoms with van der Waals surface area (Å²) in [5, 5.41) is 12.8. The van der Waals surface area contributed by atoms with E-state index in [1.165, 1.54) is 36.4 Å². The third kappa shape index (κ3) is 8.26. The molecule has 55 heavy (non-hydrogen) atoms. The first kappa shape index (κ1) is 36.6. The van der Waals surface area contributed by atoms with Crippen molar-refractivity contribution in [2.24, 2.45) is 5.92 Å². The van der Waals surface area contributed by atoms with Gasteiger partial charge in [0.05, 0.1) is 29.2 Å². The maximum Gasteiger partial charge on any atom is 0.407 e. The SMILES string of the molecule is O=C(O)C[C@H]1C[C@H](NC(=O)OCC2c3ccccc3-c3ccccc32)[C@H](OC(=O)c2ccccc2)[C@H](OC(=O)c2ccccc2)[C@H]1OC(=O)c1ccccc1. The standard InChI is InChI=1S/C44H37NO10/c46-37(47)25-30-24-36(45-44(51)52-26-35-33-22-12-10-20-31(33)32-21-11-13-23-34(32)35)39(54-42(49)28-16-6-2-7-17-28)40(55-43(50)29-18-8-3-9-19-29)38(30)53-41(48)27-14-4-1-5-15-27/h1-23,30,35-36,38-40H,24-26H2,(H,45,51)(H,46,47)/t30-,36+,38+,39+,40-/m1/s1. The fraction of sp³-hybridized carbons (Fsp3) is 0.205. The van der Waals surface area contributed by atoms with Crippen LogP contribution in [0.5, 0.6) is 0 Å². The molecule has 0 unspecified atom stereocenters. The molecule has 0 bridgehead atoms. The topological polar surface area (TPSA) is 155 Å². The van der Waals surface area contributed by atoms with Gasteiger partial charge in [0, 0.05) is 11.8 Å². The molecule has 7 rings (SSSR count). The third-order valence-corrected chi connectivity index (χ3v) is 9.91. The Hall–Kier alpha value is -6.75. The molecule has 11 heteroatoms. The summed E-state index contributed by atoms with van der Waals surface area (Å²) in [6.45, 7) is -0.0245. The number of fused-ring (bicyclic) bond motifs is 3. The molecule has 2 aliphatic carbocycles. The maximum atomic E-state index is 13.7. The van der Waals surface area contributed by atoms with E-state index in [2.05, 4.69) is 5.32 Å². The normalized spacial score (nSPS) is 19.9. The summed E-state index contributed by atoms with van der Waals surface area (Å²) < 4.78 is 23.9. The van der Waals surface area contributed by atoms with Gasteiger partial charge in [-0.25, -0.2) is 19.2 Å². The fourth-order valence-corrected chi connectivity index (χ4v) is 7.38. The predicted molar refractivity (Wildman–Crippen MR) is 199 cm³/mol. The minimum Gasteiger partial charge on any atom is -0.481 e. The van der Waals surface area contributed by atoms with Crippen molar-refractivity contribution in [3.63, 3.8) is 0 Å². The van der Waals surface area contributed by atoms with Gasteiger partial charge in [-0.3, -0.25) is 4.79 Å². The van der Waals surface area contributed by atoms with E-state index < -0.39 is 66.7 Å². The Morgan fingerprint density at radius 1 is 0.545 bits per heavy atom. The number of carboxylic acid groups (broad SMARTS) is 1. The van der Waals surface area contributed by atoms with Gasteiger partial charge in [0.15, 0.2) is 12.2 Å². The van der Waals surface area contributed by atoms with E-state index in [1.54, 1.807) is 54.6 Å². The van der Waals surface area contributed by atoms with Crippen LogP contribution in [-0.2, 0) is 23.7 Å². The van der Waals surface area contributed by atoms with Crippen molar-refractivity contribution < 1.29 is 48.0 Å². The van der Waals surface area contributed by atoms with Crippen LogP contribution in [0.3, 0.4) is 0 Å². The van der Waals surface area contributed by atoms with Crippen LogP contribution in [0, 0.1) is 5.92 Å². The summed E-state index contributed by atoms with van der Waals surface area (Å²) in [7, 11) is 0. The summed E-state index contributed by atoms with van der Waals surface area (Å²) in [6.07, 6.45) is -5.98. The Morgan fingerprint density at radius 3 is 1.44 bits per heavy atom. The number of alkyl carbamates (subject to hydrolysis) is 1.